The molecule has 0 saturated carbocycles. The van der Waals surface area contributed by atoms with E-state index in [1.807, 2.05) is 19.2 Å². The highest BCUT2D eigenvalue weighted by Crippen LogP contribution is 2.08. The van der Waals surface area contributed by atoms with Gasteiger partial charge in [0.2, 0.25) is 0 Å². The van der Waals surface area contributed by atoms with Crippen LogP contribution in [0.15, 0.2) is 18.3 Å². The largest absolute Gasteiger partial charge is 0.383 e. The van der Waals surface area contributed by atoms with E-state index < -0.39 is 0 Å². The number of hydrogen-bond acceptors (Lipinski definition) is 2. The lowest BCUT2D eigenvalue weighted by Crippen LogP contribution is -2.10. The van der Waals surface area contributed by atoms with Gasteiger partial charge >= 0.3 is 0 Å². The van der Waals surface area contributed by atoms with Crippen molar-refractivity contribution in [3.05, 3.63) is 24.0 Å². The first kappa shape index (κ1) is 10.3. The van der Waals surface area contributed by atoms with Crippen molar-refractivity contribution in [2.24, 2.45) is 0 Å². The number of rotatable bonds is 4. The molecule has 3 heteroatoms. The van der Waals surface area contributed by atoms with Crippen molar-refractivity contribution >= 4 is 17.3 Å². The lowest BCUT2D eigenvalue weighted by Gasteiger charge is -2.08. The summed E-state index contributed by atoms with van der Waals surface area (Å²) in [6.07, 6.45) is 2.78. The second-order valence-corrected chi connectivity index (χ2v) is 3.80. The molecule has 1 N–H and O–H groups in total. The zero-order valence-corrected chi connectivity index (χ0v) is 8.80. The van der Waals surface area contributed by atoms with Gasteiger partial charge in [0, 0.05) is 29.5 Å². The quantitative estimate of drug-likeness (QED) is 0.753. The van der Waals surface area contributed by atoms with Crippen LogP contribution in [-0.4, -0.2) is 16.9 Å². The van der Waals surface area contributed by atoms with Crippen LogP contribution >= 0.6 is 11.6 Å². The third-order valence-corrected chi connectivity index (χ3v) is 1.92. The van der Waals surface area contributed by atoms with Gasteiger partial charge in [-0.25, -0.2) is 0 Å². The van der Waals surface area contributed by atoms with Crippen LogP contribution in [-0.2, 0) is 6.42 Å². The molecule has 0 spiro atoms. The molecule has 1 aromatic rings. The van der Waals surface area contributed by atoms with E-state index in [9.17, 15) is 0 Å². The van der Waals surface area contributed by atoms with E-state index in [2.05, 4.69) is 23.3 Å². The first-order valence-electron chi connectivity index (χ1n) is 4.55. The molecule has 0 radical (unpaired) electrons. The Labute approximate surface area is 84.3 Å². The Balaban J connectivity index is 2.56. The molecule has 72 valence electrons. The van der Waals surface area contributed by atoms with E-state index in [0.717, 1.165) is 24.3 Å². The van der Waals surface area contributed by atoms with Crippen LogP contribution in [0.2, 0.25) is 0 Å². The van der Waals surface area contributed by atoms with Crippen molar-refractivity contribution in [2.75, 3.05) is 11.9 Å². The molecule has 13 heavy (non-hydrogen) atoms. The molecule has 0 fully saturated rings. The highest BCUT2D eigenvalue weighted by atomic mass is 35.5. The fourth-order valence-electron chi connectivity index (χ4n) is 1.04. The maximum atomic E-state index is 5.82. The summed E-state index contributed by atoms with van der Waals surface area (Å²) in [6.45, 7) is 4.85. The molecule has 0 aliphatic carbocycles. The van der Waals surface area contributed by atoms with Gasteiger partial charge in [-0.1, -0.05) is 6.92 Å². The number of aryl methyl sites for hydroxylation is 1. The standard InChI is InChI=1S/C10H15ClN2/c1-3-9-6-10(4-5-12-9)13-7-8(2)11/h4-6,8H,3,7H2,1-2H3,(H,12,13). The minimum atomic E-state index is 0.151. The highest BCUT2D eigenvalue weighted by Gasteiger charge is 1.97. The normalized spacial score (nSPS) is 12.5. The molecule has 0 aliphatic rings. The fraction of sp³-hybridized carbons (Fsp3) is 0.500. The topological polar surface area (TPSA) is 24.9 Å². The molecular weight excluding hydrogens is 184 g/mol. The van der Waals surface area contributed by atoms with Crippen molar-refractivity contribution in [1.82, 2.24) is 4.98 Å². The van der Waals surface area contributed by atoms with Crippen LogP contribution < -0.4 is 5.32 Å². The Hall–Kier alpha value is -0.760. The number of nitrogens with zero attached hydrogens (tertiary/aromatic N) is 1. The molecule has 1 heterocycles. The number of halogens is 1. The van der Waals surface area contributed by atoms with E-state index in [-0.39, 0.29) is 5.38 Å². The molecule has 1 atom stereocenters. The smallest absolute Gasteiger partial charge is 0.0480 e. The van der Waals surface area contributed by atoms with Crippen molar-refractivity contribution in [1.29, 1.82) is 0 Å². The monoisotopic (exact) mass is 198 g/mol. The number of anilines is 1. The van der Waals surface area contributed by atoms with E-state index in [1.165, 1.54) is 0 Å². The second-order valence-electron chi connectivity index (χ2n) is 3.05. The lowest BCUT2D eigenvalue weighted by atomic mass is 10.2. The number of nitrogens with one attached hydrogen (secondary N) is 1. The molecule has 0 bridgehead atoms. The van der Waals surface area contributed by atoms with Crippen LogP contribution in [0, 0.1) is 0 Å². The van der Waals surface area contributed by atoms with Gasteiger partial charge in [0.25, 0.3) is 0 Å². The molecule has 1 aromatic heterocycles. The van der Waals surface area contributed by atoms with Crippen LogP contribution in [0.4, 0.5) is 5.69 Å². The molecule has 2 nitrogen and oxygen atoms in total. The van der Waals surface area contributed by atoms with E-state index in [0.29, 0.717) is 0 Å². The Morgan fingerprint density at radius 1 is 1.62 bits per heavy atom. The van der Waals surface area contributed by atoms with E-state index in [4.69, 9.17) is 11.6 Å². The number of aromatic nitrogens is 1. The third-order valence-electron chi connectivity index (χ3n) is 1.77. The molecule has 0 saturated heterocycles. The predicted molar refractivity (Wildman–Crippen MR) is 57.4 cm³/mol. The molecule has 0 aliphatic heterocycles. The van der Waals surface area contributed by atoms with Gasteiger partial charge in [0.05, 0.1) is 0 Å². The fourth-order valence-corrected chi connectivity index (χ4v) is 1.12. The van der Waals surface area contributed by atoms with Crippen LogP contribution in [0.5, 0.6) is 0 Å². The van der Waals surface area contributed by atoms with Crippen molar-refractivity contribution in [3.8, 4) is 0 Å². The van der Waals surface area contributed by atoms with Gasteiger partial charge < -0.3 is 5.32 Å². The average molecular weight is 199 g/mol. The predicted octanol–water partition coefficient (Wildman–Crippen LogP) is 2.68. The summed E-state index contributed by atoms with van der Waals surface area (Å²) >= 11 is 5.82. The first-order chi connectivity index (χ1) is 6.22. The van der Waals surface area contributed by atoms with Crippen molar-refractivity contribution in [3.63, 3.8) is 0 Å². The van der Waals surface area contributed by atoms with Crippen molar-refractivity contribution in [2.45, 2.75) is 25.6 Å². The van der Waals surface area contributed by atoms with Crippen LogP contribution in [0.1, 0.15) is 19.5 Å². The second kappa shape index (κ2) is 5.07. The van der Waals surface area contributed by atoms with Gasteiger partial charge in [-0.15, -0.1) is 11.6 Å². The van der Waals surface area contributed by atoms with Gasteiger partial charge in [0.15, 0.2) is 0 Å². The highest BCUT2D eigenvalue weighted by molar-refractivity contribution is 6.20. The maximum Gasteiger partial charge on any atom is 0.0480 e. The van der Waals surface area contributed by atoms with Crippen molar-refractivity contribution < 1.29 is 0 Å². The lowest BCUT2D eigenvalue weighted by molar-refractivity contribution is 0.980. The Morgan fingerprint density at radius 3 is 3.00 bits per heavy atom. The third kappa shape index (κ3) is 3.64. The summed E-state index contributed by atoms with van der Waals surface area (Å²) in [6, 6.07) is 4.01. The summed E-state index contributed by atoms with van der Waals surface area (Å²) in [5.41, 5.74) is 2.20. The molecule has 1 unspecified atom stereocenters. The van der Waals surface area contributed by atoms with Gasteiger partial charge in [-0.2, -0.15) is 0 Å². The van der Waals surface area contributed by atoms with E-state index >= 15 is 0 Å². The Bertz CT molecular complexity index is 261. The molecule has 0 aromatic carbocycles. The summed E-state index contributed by atoms with van der Waals surface area (Å²) in [5.74, 6) is 0. The van der Waals surface area contributed by atoms with Crippen LogP contribution in [0.3, 0.4) is 0 Å². The van der Waals surface area contributed by atoms with Gasteiger partial charge in [0.1, 0.15) is 0 Å². The SMILES string of the molecule is CCc1cc(NCC(C)Cl)ccn1. The molecular formula is C10H15ClN2. The summed E-state index contributed by atoms with van der Waals surface area (Å²) < 4.78 is 0. The number of alkyl halides is 1. The zero-order chi connectivity index (χ0) is 9.68. The number of hydrogen-bond donors (Lipinski definition) is 1. The average Bonchev–Trinajstić information content (AvgIpc) is 2.15. The first-order valence-corrected chi connectivity index (χ1v) is 4.99. The Kier molecular flexibility index (Phi) is 4.03. The number of pyridine rings is 1. The molecule has 1 rings (SSSR count). The minimum absolute atomic E-state index is 0.151. The van der Waals surface area contributed by atoms with Gasteiger partial charge in [-0.3, -0.25) is 4.98 Å². The maximum absolute atomic E-state index is 5.82. The minimum Gasteiger partial charge on any atom is -0.383 e. The molecule has 0 amide bonds. The summed E-state index contributed by atoms with van der Waals surface area (Å²) in [4.78, 5) is 4.21. The summed E-state index contributed by atoms with van der Waals surface area (Å²) in [7, 11) is 0. The summed E-state index contributed by atoms with van der Waals surface area (Å²) in [5, 5.41) is 3.40. The Morgan fingerprint density at radius 2 is 2.38 bits per heavy atom. The van der Waals surface area contributed by atoms with E-state index in [1.54, 1.807) is 0 Å². The zero-order valence-electron chi connectivity index (χ0n) is 8.05. The van der Waals surface area contributed by atoms with Gasteiger partial charge in [-0.05, 0) is 25.5 Å². The van der Waals surface area contributed by atoms with Crippen LogP contribution in [0.25, 0.3) is 0 Å².